The molecule has 1 saturated heterocycles. The number of carbonyl (C=O) groups is 2. The minimum Gasteiger partial charge on any atom is -0.496 e. The molecule has 6 heteroatoms. The highest BCUT2D eigenvalue weighted by Crippen LogP contribution is 2.26. The van der Waals surface area contributed by atoms with Crippen LogP contribution in [0, 0.1) is 6.92 Å². The topological polar surface area (TPSA) is 65.1 Å². The minimum absolute atomic E-state index is 0.246. The number of nitrogens with zero attached hydrogens (tertiary/aromatic N) is 1. The molecule has 0 radical (unpaired) electrons. The first kappa shape index (κ1) is 18.9. The van der Waals surface area contributed by atoms with Crippen LogP contribution < -0.4 is 4.74 Å². The molecule has 1 aliphatic rings. The lowest BCUT2D eigenvalue weighted by molar-refractivity contribution is -0.145. The summed E-state index contributed by atoms with van der Waals surface area (Å²) in [4.78, 5) is 27.6. The maximum absolute atomic E-state index is 13.0. The maximum Gasteiger partial charge on any atom is 0.343 e. The third kappa shape index (κ3) is 4.46. The predicted molar refractivity (Wildman–Crippen MR) is 99.7 cm³/mol. The van der Waals surface area contributed by atoms with E-state index in [2.05, 4.69) is 0 Å². The number of benzene rings is 2. The molecule has 0 bridgehead atoms. The molecule has 2 aromatic rings. The van der Waals surface area contributed by atoms with E-state index in [0.717, 1.165) is 5.56 Å². The molecule has 0 N–H and O–H groups in total. The fourth-order valence-corrected chi connectivity index (χ4v) is 2.99. The fraction of sp³-hybridized carbons (Fsp3) is 0.333. The van der Waals surface area contributed by atoms with Crippen LogP contribution >= 0.6 is 0 Å². The van der Waals surface area contributed by atoms with E-state index in [1.165, 1.54) is 7.11 Å². The number of amides is 1. The van der Waals surface area contributed by atoms with Gasteiger partial charge in [0, 0.05) is 18.7 Å². The highest BCUT2D eigenvalue weighted by molar-refractivity contribution is 5.95. The summed E-state index contributed by atoms with van der Waals surface area (Å²) in [5.41, 5.74) is 1.83. The Balaban J connectivity index is 1.88. The summed E-state index contributed by atoms with van der Waals surface area (Å²) in [6, 6.07) is 14.3. The molecular formula is C21H23NO5. The standard InChI is InChI=1S/C21H23NO5/c1-15-8-9-18(25-2)17(14-15)21(24)27-19(16-6-4-3-5-7-16)20(23)22-10-12-26-13-11-22/h3-9,14,19H,10-13H2,1-2H3/t19-/m1/s1. The normalized spacial score (nSPS) is 15.1. The first-order valence-corrected chi connectivity index (χ1v) is 8.87. The summed E-state index contributed by atoms with van der Waals surface area (Å²) in [5, 5.41) is 0. The largest absolute Gasteiger partial charge is 0.496 e. The average Bonchev–Trinajstić information content (AvgIpc) is 2.72. The number of hydrogen-bond acceptors (Lipinski definition) is 5. The Morgan fingerprint density at radius 2 is 1.78 bits per heavy atom. The molecule has 1 atom stereocenters. The van der Waals surface area contributed by atoms with Gasteiger partial charge in [-0.15, -0.1) is 0 Å². The molecule has 0 saturated carbocycles. The number of carbonyl (C=O) groups excluding carboxylic acids is 2. The zero-order valence-electron chi connectivity index (χ0n) is 15.5. The number of aryl methyl sites for hydroxylation is 1. The lowest BCUT2D eigenvalue weighted by Crippen LogP contribution is -2.44. The van der Waals surface area contributed by atoms with Gasteiger partial charge < -0.3 is 19.1 Å². The number of methoxy groups -OCH3 is 1. The summed E-state index contributed by atoms with van der Waals surface area (Å²) >= 11 is 0. The van der Waals surface area contributed by atoms with E-state index in [1.54, 1.807) is 29.2 Å². The molecule has 1 fully saturated rings. The van der Waals surface area contributed by atoms with Gasteiger partial charge in [-0.05, 0) is 19.1 Å². The van der Waals surface area contributed by atoms with E-state index in [4.69, 9.17) is 14.2 Å². The van der Waals surface area contributed by atoms with Gasteiger partial charge in [0.2, 0.25) is 6.10 Å². The monoisotopic (exact) mass is 369 g/mol. The van der Waals surface area contributed by atoms with Crippen molar-refractivity contribution in [3.05, 3.63) is 65.2 Å². The van der Waals surface area contributed by atoms with Gasteiger partial charge in [0.15, 0.2) is 0 Å². The second-order valence-electron chi connectivity index (χ2n) is 6.34. The summed E-state index contributed by atoms with van der Waals surface area (Å²) < 4.78 is 16.3. The third-order valence-electron chi connectivity index (χ3n) is 4.45. The van der Waals surface area contributed by atoms with Crippen molar-refractivity contribution >= 4 is 11.9 Å². The van der Waals surface area contributed by atoms with E-state index in [1.807, 2.05) is 31.2 Å². The van der Waals surface area contributed by atoms with E-state index < -0.39 is 12.1 Å². The SMILES string of the molecule is COc1ccc(C)cc1C(=O)O[C@@H](C(=O)N1CCOCC1)c1ccccc1. The summed E-state index contributed by atoms with van der Waals surface area (Å²) in [5.74, 6) is -0.424. The van der Waals surface area contributed by atoms with Crippen LogP contribution in [0.3, 0.4) is 0 Å². The Hall–Kier alpha value is -2.86. The second kappa shape index (κ2) is 8.68. The van der Waals surface area contributed by atoms with Crippen molar-refractivity contribution in [3.63, 3.8) is 0 Å². The van der Waals surface area contributed by atoms with Crippen molar-refractivity contribution in [3.8, 4) is 5.75 Å². The van der Waals surface area contributed by atoms with E-state index in [-0.39, 0.29) is 5.91 Å². The molecule has 1 amide bonds. The molecular weight excluding hydrogens is 346 g/mol. The number of hydrogen-bond donors (Lipinski definition) is 0. The van der Waals surface area contributed by atoms with E-state index >= 15 is 0 Å². The van der Waals surface area contributed by atoms with Crippen LogP contribution in [-0.4, -0.2) is 50.2 Å². The Morgan fingerprint density at radius 3 is 2.44 bits per heavy atom. The van der Waals surface area contributed by atoms with Crippen LogP contribution in [0.5, 0.6) is 5.75 Å². The van der Waals surface area contributed by atoms with Crippen LogP contribution in [0.2, 0.25) is 0 Å². The quantitative estimate of drug-likeness (QED) is 0.759. The highest BCUT2D eigenvalue weighted by atomic mass is 16.6. The lowest BCUT2D eigenvalue weighted by Gasteiger charge is -2.30. The van der Waals surface area contributed by atoms with Crippen LogP contribution in [0.4, 0.5) is 0 Å². The van der Waals surface area contributed by atoms with Gasteiger partial charge in [0.25, 0.3) is 5.91 Å². The summed E-state index contributed by atoms with van der Waals surface area (Å²) in [6.45, 7) is 3.80. The minimum atomic E-state index is -1.01. The first-order valence-electron chi connectivity index (χ1n) is 8.87. The molecule has 1 heterocycles. The molecule has 2 aromatic carbocycles. The van der Waals surface area contributed by atoms with Crippen molar-refractivity contribution < 1.29 is 23.8 Å². The molecule has 142 valence electrons. The van der Waals surface area contributed by atoms with Gasteiger partial charge in [0.05, 0.1) is 20.3 Å². The molecule has 0 spiro atoms. The zero-order chi connectivity index (χ0) is 19.2. The van der Waals surface area contributed by atoms with Gasteiger partial charge in [-0.1, -0.05) is 42.0 Å². The van der Waals surface area contributed by atoms with Gasteiger partial charge in [-0.3, -0.25) is 4.79 Å². The molecule has 3 rings (SSSR count). The number of ether oxygens (including phenoxy) is 3. The molecule has 0 unspecified atom stereocenters. The van der Waals surface area contributed by atoms with Gasteiger partial charge in [0.1, 0.15) is 11.3 Å². The van der Waals surface area contributed by atoms with Crippen LogP contribution in [0.25, 0.3) is 0 Å². The fourth-order valence-electron chi connectivity index (χ4n) is 2.99. The average molecular weight is 369 g/mol. The third-order valence-corrected chi connectivity index (χ3v) is 4.45. The second-order valence-corrected chi connectivity index (χ2v) is 6.34. The Bertz CT molecular complexity index is 799. The Labute approximate surface area is 158 Å². The van der Waals surface area contributed by atoms with Gasteiger partial charge in [-0.25, -0.2) is 4.79 Å². The van der Waals surface area contributed by atoms with E-state index in [9.17, 15) is 9.59 Å². The Kier molecular flexibility index (Phi) is 6.08. The summed E-state index contributed by atoms with van der Waals surface area (Å²) in [6.07, 6.45) is -1.01. The highest BCUT2D eigenvalue weighted by Gasteiger charge is 2.31. The van der Waals surface area contributed by atoms with Gasteiger partial charge >= 0.3 is 5.97 Å². The maximum atomic E-state index is 13.0. The first-order chi connectivity index (χ1) is 13.1. The van der Waals surface area contributed by atoms with Crippen LogP contribution in [0.15, 0.2) is 48.5 Å². The lowest BCUT2D eigenvalue weighted by atomic mass is 10.1. The van der Waals surface area contributed by atoms with Crippen molar-refractivity contribution in [2.24, 2.45) is 0 Å². The number of rotatable bonds is 5. The smallest absolute Gasteiger partial charge is 0.343 e. The van der Waals surface area contributed by atoms with Gasteiger partial charge in [-0.2, -0.15) is 0 Å². The van der Waals surface area contributed by atoms with Crippen molar-refractivity contribution in [1.29, 1.82) is 0 Å². The number of esters is 1. The van der Waals surface area contributed by atoms with Crippen LogP contribution in [0.1, 0.15) is 27.6 Å². The zero-order valence-corrected chi connectivity index (χ0v) is 15.5. The molecule has 6 nitrogen and oxygen atoms in total. The molecule has 0 aromatic heterocycles. The van der Waals surface area contributed by atoms with E-state index in [0.29, 0.717) is 43.2 Å². The predicted octanol–water partition coefficient (Wildman–Crippen LogP) is 2.76. The summed E-state index contributed by atoms with van der Waals surface area (Å²) in [7, 11) is 1.50. The van der Waals surface area contributed by atoms with Crippen LogP contribution in [-0.2, 0) is 14.3 Å². The van der Waals surface area contributed by atoms with Crippen molar-refractivity contribution in [1.82, 2.24) is 4.90 Å². The Morgan fingerprint density at radius 1 is 1.07 bits per heavy atom. The van der Waals surface area contributed by atoms with Crippen molar-refractivity contribution in [2.75, 3.05) is 33.4 Å². The van der Waals surface area contributed by atoms with Crippen molar-refractivity contribution in [2.45, 2.75) is 13.0 Å². The molecule has 27 heavy (non-hydrogen) atoms. The number of morpholine rings is 1. The molecule has 1 aliphatic heterocycles. The molecule has 0 aliphatic carbocycles.